The molecule has 1 aliphatic rings. The molecule has 2 rings (SSSR count). The van der Waals surface area contributed by atoms with Gasteiger partial charge in [-0.2, -0.15) is 4.98 Å². The Labute approximate surface area is 96.5 Å². The number of hydrogen-bond donors (Lipinski definition) is 2. The number of halogens is 1. The molecule has 0 atom stereocenters. The lowest BCUT2D eigenvalue weighted by molar-refractivity contribution is 0.145. The zero-order valence-corrected chi connectivity index (χ0v) is 9.81. The van der Waals surface area contributed by atoms with Crippen molar-refractivity contribution in [2.75, 3.05) is 23.7 Å². The predicted molar refractivity (Wildman–Crippen MR) is 61.6 cm³/mol. The summed E-state index contributed by atoms with van der Waals surface area (Å²) < 4.78 is 0.691. The minimum absolute atomic E-state index is 0.189. The number of nitrogens with two attached hydrogens (primary N) is 1. The first-order valence-electron chi connectivity index (χ1n) is 4.88. The van der Waals surface area contributed by atoms with Crippen molar-refractivity contribution in [3.63, 3.8) is 0 Å². The molecule has 1 aliphatic heterocycles. The van der Waals surface area contributed by atoms with Gasteiger partial charge in [-0.15, -0.1) is 0 Å². The average molecular weight is 273 g/mol. The number of anilines is 2. The molecular weight excluding hydrogens is 260 g/mol. The van der Waals surface area contributed by atoms with Crippen molar-refractivity contribution in [3.05, 3.63) is 10.7 Å². The Kier molecular flexibility index (Phi) is 3.06. The van der Waals surface area contributed by atoms with Gasteiger partial charge in [0.15, 0.2) is 0 Å². The van der Waals surface area contributed by atoms with Gasteiger partial charge in [-0.3, -0.25) is 0 Å². The summed E-state index contributed by atoms with van der Waals surface area (Å²) in [5.74, 6) is 1.09. The van der Waals surface area contributed by atoms with Crippen LogP contribution in [-0.4, -0.2) is 34.3 Å². The maximum absolute atomic E-state index is 9.38. The zero-order valence-electron chi connectivity index (χ0n) is 8.23. The second-order valence-corrected chi connectivity index (χ2v) is 4.45. The molecule has 82 valence electrons. The van der Waals surface area contributed by atoms with Gasteiger partial charge in [0.25, 0.3) is 0 Å². The van der Waals surface area contributed by atoms with Gasteiger partial charge in [0, 0.05) is 19.2 Å². The Balaban J connectivity index is 2.15. The van der Waals surface area contributed by atoms with Crippen LogP contribution in [-0.2, 0) is 0 Å². The van der Waals surface area contributed by atoms with Crippen LogP contribution in [0.2, 0.25) is 0 Å². The molecule has 6 heteroatoms. The van der Waals surface area contributed by atoms with Crippen LogP contribution in [0.4, 0.5) is 11.8 Å². The molecule has 0 spiro atoms. The Morgan fingerprint density at radius 1 is 1.40 bits per heavy atom. The van der Waals surface area contributed by atoms with Crippen LogP contribution in [0.3, 0.4) is 0 Å². The molecule has 1 aromatic rings. The highest BCUT2D eigenvalue weighted by atomic mass is 79.9. The van der Waals surface area contributed by atoms with Crippen LogP contribution in [0.25, 0.3) is 0 Å². The molecule has 0 aromatic carbocycles. The van der Waals surface area contributed by atoms with Gasteiger partial charge < -0.3 is 15.7 Å². The quantitative estimate of drug-likeness (QED) is 0.740. The van der Waals surface area contributed by atoms with Gasteiger partial charge >= 0.3 is 0 Å². The topological polar surface area (TPSA) is 75.3 Å². The fraction of sp³-hybridized carbons (Fsp3) is 0.556. The van der Waals surface area contributed by atoms with E-state index >= 15 is 0 Å². The molecule has 5 nitrogen and oxygen atoms in total. The SMILES string of the molecule is Nc1cc(Br)nc(N2CCC(O)CC2)n1. The van der Waals surface area contributed by atoms with Gasteiger partial charge in [-0.1, -0.05) is 0 Å². The third-order valence-electron chi connectivity index (χ3n) is 2.45. The van der Waals surface area contributed by atoms with E-state index in [2.05, 4.69) is 25.9 Å². The average Bonchev–Trinajstić information content (AvgIpc) is 2.17. The lowest BCUT2D eigenvalue weighted by Gasteiger charge is -2.29. The van der Waals surface area contributed by atoms with Gasteiger partial charge in [0.1, 0.15) is 10.4 Å². The fourth-order valence-corrected chi connectivity index (χ4v) is 2.02. The maximum Gasteiger partial charge on any atom is 0.228 e. The molecule has 15 heavy (non-hydrogen) atoms. The highest BCUT2D eigenvalue weighted by molar-refractivity contribution is 9.10. The third kappa shape index (κ3) is 2.57. The van der Waals surface area contributed by atoms with Crippen LogP contribution in [0.1, 0.15) is 12.8 Å². The molecule has 1 saturated heterocycles. The Bertz CT molecular complexity index is 332. The molecule has 2 heterocycles. The Morgan fingerprint density at radius 3 is 2.67 bits per heavy atom. The number of aromatic nitrogens is 2. The molecule has 0 amide bonds. The first-order valence-corrected chi connectivity index (χ1v) is 5.67. The van der Waals surface area contributed by atoms with Gasteiger partial charge in [0.05, 0.1) is 6.10 Å². The highest BCUT2D eigenvalue weighted by Gasteiger charge is 2.19. The van der Waals surface area contributed by atoms with Crippen molar-refractivity contribution in [2.24, 2.45) is 0 Å². The summed E-state index contributed by atoms with van der Waals surface area (Å²) in [5, 5.41) is 9.38. The number of piperidine rings is 1. The summed E-state index contributed by atoms with van der Waals surface area (Å²) in [7, 11) is 0. The molecule has 0 radical (unpaired) electrons. The van der Waals surface area contributed by atoms with Crippen molar-refractivity contribution in [1.82, 2.24) is 9.97 Å². The number of aliphatic hydroxyl groups excluding tert-OH is 1. The van der Waals surface area contributed by atoms with E-state index in [1.807, 2.05) is 4.90 Å². The van der Waals surface area contributed by atoms with Gasteiger partial charge in [-0.25, -0.2) is 4.98 Å². The number of nitrogen functional groups attached to an aromatic ring is 1. The molecule has 0 unspecified atom stereocenters. The van der Waals surface area contributed by atoms with Crippen molar-refractivity contribution >= 4 is 27.7 Å². The molecule has 0 aliphatic carbocycles. The van der Waals surface area contributed by atoms with E-state index in [4.69, 9.17) is 5.73 Å². The summed E-state index contributed by atoms with van der Waals surface area (Å²) in [5.41, 5.74) is 5.64. The van der Waals surface area contributed by atoms with Crippen molar-refractivity contribution in [2.45, 2.75) is 18.9 Å². The summed E-state index contributed by atoms with van der Waals surface area (Å²) in [6.07, 6.45) is 1.33. The van der Waals surface area contributed by atoms with Gasteiger partial charge in [-0.05, 0) is 28.8 Å². The molecule has 0 bridgehead atoms. The Morgan fingerprint density at radius 2 is 2.07 bits per heavy atom. The monoisotopic (exact) mass is 272 g/mol. The number of aliphatic hydroxyl groups is 1. The normalized spacial score (nSPS) is 18.1. The highest BCUT2D eigenvalue weighted by Crippen LogP contribution is 2.19. The summed E-state index contributed by atoms with van der Waals surface area (Å²) in [6.45, 7) is 1.55. The number of rotatable bonds is 1. The largest absolute Gasteiger partial charge is 0.393 e. The summed E-state index contributed by atoms with van der Waals surface area (Å²) in [4.78, 5) is 10.5. The standard InChI is InChI=1S/C9H13BrN4O/c10-7-5-8(11)13-9(12-7)14-3-1-6(15)2-4-14/h5-6,15H,1-4H2,(H2,11,12,13). The number of hydrogen-bond acceptors (Lipinski definition) is 5. The molecule has 1 fully saturated rings. The van der Waals surface area contributed by atoms with E-state index in [0.29, 0.717) is 16.4 Å². The molecule has 3 N–H and O–H groups in total. The van der Waals surface area contributed by atoms with E-state index < -0.39 is 0 Å². The smallest absolute Gasteiger partial charge is 0.228 e. The Hall–Kier alpha value is -0.880. The second kappa shape index (κ2) is 4.32. The second-order valence-electron chi connectivity index (χ2n) is 3.63. The summed E-state index contributed by atoms with van der Waals surface area (Å²) >= 11 is 3.28. The minimum Gasteiger partial charge on any atom is -0.393 e. The van der Waals surface area contributed by atoms with Crippen LogP contribution < -0.4 is 10.6 Å². The molecular formula is C9H13BrN4O. The molecule has 0 saturated carbocycles. The maximum atomic E-state index is 9.38. The van der Waals surface area contributed by atoms with E-state index in [0.717, 1.165) is 25.9 Å². The van der Waals surface area contributed by atoms with Crippen LogP contribution in [0.15, 0.2) is 10.7 Å². The lowest BCUT2D eigenvalue weighted by Crippen LogP contribution is -2.36. The van der Waals surface area contributed by atoms with Crippen LogP contribution in [0.5, 0.6) is 0 Å². The molecule has 1 aromatic heterocycles. The fourth-order valence-electron chi connectivity index (χ4n) is 1.63. The van der Waals surface area contributed by atoms with Crippen LogP contribution in [0, 0.1) is 0 Å². The van der Waals surface area contributed by atoms with E-state index in [1.54, 1.807) is 6.07 Å². The lowest BCUT2D eigenvalue weighted by atomic mass is 10.1. The zero-order chi connectivity index (χ0) is 10.8. The predicted octanol–water partition coefficient (Wildman–Crippen LogP) is 0.782. The first kappa shape index (κ1) is 10.6. The van der Waals surface area contributed by atoms with Crippen LogP contribution >= 0.6 is 15.9 Å². The summed E-state index contributed by atoms with van der Waals surface area (Å²) in [6, 6.07) is 1.67. The van der Waals surface area contributed by atoms with Crippen molar-refractivity contribution in [3.8, 4) is 0 Å². The van der Waals surface area contributed by atoms with E-state index in [9.17, 15) is 5.11 Å². The first-order chi connectivity index (χ1) is 7.15. The third-order valence-corrected chi connectivity index (χ3v) is 2.86. The van der Waals surface area contributed by atoms with Crippen molar-refractivity contribution in [1.29, 1.82) is 0 Å². The van der Waals surface area contributed by atoms with E-state index in [-0.39, 0.29) is 6.10 Å². The number of nitrogens with zero attached hydrogens (tertiary/aromatic N) is 3. The van der Waals surface area contributed by atoms with E-state index in [1.165, 1.54) is 0 Å². The minimum atomic E-state index is -0.189. The van der Waals surface area contributed by atoms with Crippen molar-refractivity contribution < 1.29 is 5.11 Å². The van der Waals surface area contributed by atoms with Gasteiger partial charge in [0.2, 0.25) is 5.95 Å².